The highest BCUT2D eigenvalue weighted by Crippen LogP contribution is 2.09. The Labute approximate surface area is 103 Å². The zero-order valence-electron chi connectivity index (χ0n) is 11.0. The molecule has 1 amide bonds. The van der Waals surface area contributed by atoms with Crippen LogP contribution in [0.25, 0.3) is 0 Å². The summed E-state index contributed by atoms with van der Waals surface area (Å²) < 4.78 is 4.50. The van der Waals surface area contributed by atoms with Gasteiger partial charge >= 0.3 is 5.97 Å². The largest absolute Gasteiger partial charge is 0.469 e. The van der Waals surface area contributed by atoms with E-state index in [2.05, 4.69) is 10.1 Å². The number of carbonyl (C=O) groups excluding carboxylic acids is 2. The lowest BCUT2D eigenvalue weighted by Gasteiger charge is -2.23. The third kappa shape index (κ3) is 5.68. The van der Waals surface area contributed by atoms with Gasteiger partial charge < -0.3 is 15.2 Å². The van der Waals surface area contributed by atoms with Crippen LogP contribution in [-0.4, -0.2) is 36.7 Å². The maximum absolute atomic E-state index is 11.8. The van der Waals surface area contributed by atoms with Crippen LogP contribution in [-0.2, 0) is 14.3 Å². The van der Waals surface area contributed by atoms with Crippen LogP contribution in [0.1, 0.15) is 33.6 Å². The Morgan fingerprint density at radius 3 is 2.35 bits per heavy atom. The van der Waals surface area contributed by atoms with Crippen molar-refractivity contribution < 1.29 is 19.4 Å². The molecule has 0 aromatic carbocycles. The fraction of sp³-hybridized carbons (Fsp3) is 0.833. The van der Waals surface area contributed by atoms with Crippen molar-refractivity contribution in [2.45, 2.75) is 39.7 Å². The summed E-state index contributed by atoms with van der Waals surface area (Å²) in [6.45, 7) is 5.53. The Hall–Kier alpha value is -1.10. The Kier molecular flexibility index (Phi) is 7.54. The number of methoxy groups -OCH3 is 1. The summed E-state index contributed by atoms with van der Waals surface area (Å²) in [4.78, 5) is 22.8. The van der Waals surface area contributed by atoms with E-state index in [1.807, 2.05) is 13.8 Å². The van der Waals surface area contributed by atoms with Gasteiger partial charge in [0.05, 0.1) is 26.2 Å². The molecule has 0 heterocycles. The highest BCUT2D eigenvalue weighted by molar-refractivity contribution is 5.83. The smallest absolute Gasteiger partial charge is 0.306 e. The number of hydrogen-bond donors (Lipinski definition) is 2. The van der Waals surface area contributed by atoms with Gasteiger partial charge in [-0.2, -0.15) is 0 Å². The maximum Gasteiger partial charge on any atom is 0.306 e. The van der Waals surface area contributed by atoms with Crippen molar-refractivity contribution in [1.29, 1.82) is 0 Å². The van der Waals surface area contributed by atoms with Crippen LogP contribution in [0, 0.1) is 11.8 Å². The van der Waals surface area contributed by atoms with Gasteiger partial charge in [-0.25, -0.2) is 0 Å². The first-order chi connectivity index (χ1) is 7.96. The Balaban J connectivity index is 4.26. The predicted octanol–water partition coefficient (Wildman–Crippen LogP) is 0.709. The van der Waals surface area contributed by atoms with E-state index in [1.54, 1.807) is 6.92 Å². The molecule has 0 aromatic heterocycles. The van der Waals surface area contributed by atoms with E-state index in [4.69, 9.17) is 0 Å². The average Bonchev–Trinajstić information content (AvgIpc) is 2.34. The van der Waals surface area contributed by atoms with Crippen LogP contribution >= 0.6 is 0 Å². The summed E-state index contributed by atoms with van der Waals surface area (Å²) in [6.07, 6.45) is 0.928. The standard InChI is InChI=1S/C12H23NO4/c1-5-8(2)10(7-14)13-12(16)9(3)6-11(15)17-4/h8-10,14H,5-7H2,1-4H3,(H,13,16). The van der Waals surface area contributed by atoms with Crippen molar-refractivity contribution in [3.05, 3.63) is 0 Å². The van der Waals surface area contributed by atoms with Gasteiger partial charge in [0.2, 0.25) is 5.91 Å². The van der Waals surface area contributed by atoms with Crippen molar-refractivity contribution in [2.24, 2.45) is 11.8 Å². The number of carbonyl (C=O) groups is 2. The van der Waals surface area contributed by atoms with E-state index < -0.39 is 11.9 Å². The summed E-state index contributed by atoms with van der Waals surface area (Å²) in [6, 6.07) is -0.257. The number of aliphatic hydroxyl groups excluding tert-OH is 1. The second-order valence-corrected chi connectivity index (χ2v) is 4.36. The number of rotatable bonds is 7. The molecule has 5 heteroatoms. The molecule has 0 bridgehead atoms. The van der Waals surface area contributed by atoms with E-state index in [0.29, 0.717) is 0 Å². The first-order valence-corrected chi connectivity index (χ1v) is 5.94. The molecule has 3 atom stereocenters. The quantitative estimate of drug-likeness (QED) is 0.648. The summed E-state index contributed by atoms with van der Waals surface area (Å²) in [5.74, 6) is -0.874. The molecule has 5 nitrogen and oxygen atoms in total. The molecule has 0 fully saturated rings. The normalized spacial score (nSPS) is 15.8. The molecule has 0 spiro atoms. The van der Waals surface area contributed by atoms with E-state index in [1.165, 1.54) is 7.11 Å². The molecule has 0 aliphatic carbocycles. The molecule has 17 heavy (non-hydrogen) atoms. The van der Waals surface area contributed by atoms with E-state index >= 15 is 0 Å². The molecule has 0 saturated heterocycles. The monoisotopic (exact) mass is 245 g/mol. The number of ether oxygens (including phenoxy) is 1. The van der Waals surface area contributed by atoms with Gasteiger partial charge in [0.15, 0.2) is 0 Å². The van der Waals surface area contributed by atoms with Crippen LogP contribution in [0.4, 0.5) is 0 Å². The van der Waals surface area contributed by atoms with Gasteiger partial charge in [-0.3, -0.25) is 9.59 Å². The Morgan fingerprint density at radius 2 is 1.94 bits per heavy atom. The predicted molar refractivity (Wildman–Crippen MR) is 64.3 cm³/mol. The summed E-state index contributed by atoms with van der Waals surface area (Å²) >= 11 is 0. The van der Waals surface area contributed by atoms with Crippen LogP contribution in [0.3, 0.4) is 0 Å². The van der Waals surface area contributed by atoms with Gasteiger partial charge in [0.1, 0.15) is 0 Å². The van der Waals surface area contributed by atoms with E-state index in [9.17, 15) is 14.7 Å². The lowest BCUT2D eigenvalue weighted by molar-refractivity contribution is -0.144. The third-order valence-electron chi connectivity index (χ3n) is 3.00. The van der Waals surface area contributed by atoms with Crippen LogP contribution in [0.5, 0.6) is 0 Å². The minimum Gasteiger partial charge on any atom is -0.469 e. The molecule has 0 aliphatic heterocycles. The minimum absolute atomic E-state index is 0.0565. The van der Waals surface area contributed by atoms with Crippen molar-refractivity contribution in [3.8, 4) is 0 Å². The second-order valence-electron chi connectivity index (χ2n) is 4.36. The highest BCUT2D eigenvalue weighted by Gasteiger charge is 2.22. The molecular weight excluding hydrogens is 222 g/mol. The molecule has 2 N–H and O–H groups in total. The Bertz CT molecular complexity index is 255. The van der Waals surface area contributed by atoms with Crippen LogP contribution in [0.15, 0.2) is 0 Å². The van der Waals surface area contributed by atoms with Crippen LogP contribution < -0.4 is 5.32 Å². The lowest BCUT2D eigenvalue weighted by atomic mass is 9.98. The third-order valence-corrected chi connectivity index (χ3v) is 3.00. The number of esters is 1. The van der Waals surface area contributed by atoms with E-state index in [0.717, 1.165) is 6.42 Å². The number of aliphatic hydroxyl groups is 1. The summed E-state index contributed by atoms with van der Waals surface area (Å²) in [5.41, 5.74) is 0. The first-order valence-electron chi connectivity index (χ1n) is 5.94. The number of hydrogen-bond acceptors (Lipinski definition) is 4. The average molecular weight is 245 g/mol. The van der Waals surface area contributed by atoms with Crippen molar-refractivity contribution in [1.82, 2.24) is 5.32 Å². The summed E-state index contributed by atoms with van der Waals surface area (Å²) in [7, 11) is 1.29. The molecule has 0 aromatic rings. The Morgan fingerprint density at radius 1 is 1.35 bits per heavy atom. The fourth-order valence-electron chi connectivity index (χ4n) is 1.40. The molecule has 0 rings (SSSR count). The number of nitrogens with one attached hydrogen (secondary N) is 1. The highest BCUT2D eigenvalue weighted by atomic mass is 16.5. The SMILES string of the molecule is CCC(C)C(CO)NC(=O)C(C)CC(=O)OC. The molecular formula is C12H23NO4. The van der Waals surface area contributed by atoms with Gasteiger partial charge in [0, 0.05) is 5.92 Å². The van der Waals surface area contributed by atoms with Gasteiger partial charge in [-0.15, -0.1) is 0 Å². The molecule has 100 valence electrons. The lowest BCUT2D eigenvalue weighted by Crippen LogP contribution is -2.44. The zero-order chi connectivity index (χ0) is 13.4. The maximum atomic E-state index is 11.8. The molecule has 3 unspecified atom stereocenters. The molecule has 0 saturated carbocycles. The fourth-order valence-corrected chi connectivity index (χ4v) is 1.40. The molecule has 0 radical (unpaired) electrons. The van der Waals surface area contributed by atoms with Crippen molar-refractivity contribution in [3.63, 3.8) is 0 Å². The minimum atomic E-state index is -0.444. The van der Waals surface area contributed by atoms with E-state index in [-0.39, 0.29) is 30.9 Å². The second kappa shape index (κ2) is 8.06. The topological polar surface area (TPSA) is 75.6 Å². The van der Waals surface area contributed by atoms with Crippen molar-refractivity contribution >= 4 is 11.9 Å². The van der Waals surface area contributed by atoms with Gasteiger partial charge in [0.25, 0.3) is 0 Å². The zero-order valence-corrected chi connectivity index (χ0v) is 11.0. The molecule has 0 aliphatic rings. The first kappa shape index (κ1) is 15.9. The summed E-state index contributed by atoms with van der Waals surface area (Å²) in [5, 5.41) is 11.9. The number of amides is 1. The van der Waals surface area contributed by atoms with Crippen molar-refractivity contribution in [2.75, 3.05) is 13.7 Å². The van der Waals surface area contributed by atoms with Crippen LogP contribution in [0.2, 0.25) is 0 Å². The van der Waals surface area contributed by atoms with Gasteiger partial charge in [-0.05, 0) is 5.92 Å². The van der Waals surface area contributed by atoms with Gasteiger partial charge in [-0.1, -0.05) is 27.2 Å².